The number of hydrogen-bond donors (Lipinski definition) is 4. The molecule has 0 aromatic heterocycles. The van der Waals surface area contributed by atoms with Gasteiger partial charge in [-0.2, -0.15) is 0 Å². The van der Waals surface area contributed by atoms with E-state index >= 15 is 0 Å². The summed E-state index contributed by atoms with van der Waals surface area (Å²) in [6, 6.07) is 29.3. The molecule has 82 heavy (non-hydrogen) atoms. The quantitative estimate of drug-likeness (QED) is 0.0857. The summed E-state index contributed by atoms with van der Waals surface area (Å²) in [5.41, 5.74) is 8.65. The van der Waals surface area contributed by atoms with E-state index in [0.29, 0.717) is 77.0 Å². The summed E-state index contributed by atoms with van der Waals surface area (Å²) in [4.78, 5) is 43.6. The fraction of sp³-hybridized carbons (Fsp3) is 0.333. The molecule has 6 aromatic carbocycles. The highest BCUT2D eigenvalue weighted by Gasteiger charge is 2.45. The van der Waals surface area contributed by atoms with E-state index in [9.17, 15) is 38.4 Å². The first-order valence-corrected chi connectivity index (χ1v) is 27.8. The summed E-state index contributed by atoms with van der Waals surface area (Å²) in [5.74, 6) is 0.402. The third kappa shape index (κ3) is 11.6. The standard InChI is InChI=1S/C60H61N5O16S/c1-33-10-13-48(78-60-57(69)56(68)55(67)54(30-66)79-60)53(14-33)81-82(72,73)80-43-12-11-38-19-42-26-62-47-24-52(50(75-5)22-45(47)59(71)65(42)29-40(38)20-43)77-32-36-16-34(27-63(2)3)15-35(17-36)31-76-51-23-46-44(21-49(51)74-4)58(70)64-28-39-9-7-6-8-37(39)18-41(64)25-61-46/h6-17,20-26,41-42,54-57,60,66-69H,18-19,27-32H2,1-5H3/t41-,42-,54+,55-,56-,57+,60+/m0/s1. The molecule has 21 nitrogen and oxygen atoms in total. The molecule has 5 heterocycles. The van der Waals surface area contributed by atoms with E-state index in [1.54, 1.807) is 61.5 Å². The molecule has 0 spiro atoms. The topological polar surface area (TPSA) is 257 Å². The van der Waals surface area contributed by atoms with E-state index in [1.165, 1.54) is 36.9 Å². The average molecular weight is 1140 g/mol. The van der Waals surface area contributed by atoms with Crippen LogP contribution in [-0.4, -0.2) is 145 Å². The minimum Gasteiger partial charge on any atom is -0.493 e. The van der Waals surface area contributed by atoms with Crippen LogP contribution in [0.2, 0.25) is 0 Å². The molecule has 1 fully saturated rings. The Morgan fingerprint density at radius 2 is 1.20 bits per heavy atom. The Morgan fingerprint density at radius 1 is 0.622 bits per heavy atom. The maximum atomic E-state index is 14.5. The maximum absolute atomic E-state index is 14.5. The van der Waals surface area contributed by atoms with Crippen molar-refractivity contribution < 1.29 is 75.2 Å². The van der Waals surface area contributed by atoms with E-state index in [4.69, 9.17) is 46.8 Å². The number of methoxy groups -OCH3 is 2. The zero-order valence-electron chi connectivity index (χ0n) is 45.5. The van der Waals surface area contributed by atoms with Crippen LogP contribution in [0.15, 0.2) is 113 Å². The molecule has 0 unspecified atom stereocenters. The van der Waals surface area contributed by atoms with Gasteiger partial charge in [0.1, 0.15) is 43.4 Å². The van der Waals surface area contributed by atoms with Crippen molar-refractivity contribution in [3.8, 4) is 40.2 Å². The Kier molecular flexibility index (Phi) is 15.7. The van der Waals surface area contributed by atoms with Gasteiger partial charge in [-0.05, 0) is 121 Å². The summed E-state index contributed by atoms with van der Waals surface area (Å²) < 4.78 is 73.4. The van der Waals surface area contributed by atoms with Crippen molar-refractivity contribution in [2.24, 2.45) is 9.98 Å². The van der Waals surface area contributed by atoms with Gasteiger partial charge in [-0.3, -0.25) is 19.6 Å². The Bertz CT molecular complexity index is 3630. The van der Waals surface area contributed by atoms with Gasteiger partial charge in [-0.15, -0.1) is 8.42 Å². The number of ether oxygens (including phenoxy) is 6. The maximum Gasteiger partial charge on any atom is 0.501 e. The van der Waals surface area contributed by atoms with Crippen LogP contribution < -0.4 is 32.1 Å². The van der Waals surface area contributed by atoms with Gasteiger partial charge in [0.2, 0.25) is 6.29 Å². The first-order valence-electron chi connectivity index (χ1n) is 26.5. The minimum absolute atomic E-state index is 0.0783. The zero-order valence-corrected chi connectivity index (χ0v) is 46.3. The van der Waals surface area contributed by atoms with Crippen molar-refractivity contribution in [3.05, 3.63) is 159 Å². The third-order valence-corrected chi connectivity index (χ3v) is 15.7. The Morgan fingerprint density at radius 3 is 1.78 bits per heavy atom. The van der Waals surface area contributed by atoms with Gasteiger partial charge in [0, 0.05) is 44.2 Å². The number of aliphatic hydroxyl groups excluding tert-OH is 4. The monoisotopic (exact) mass is 1140 g/mol. The number of hydrogen-bond acceptors (Lipinski definition) is 19. The van der Waals surface area contributed by atoms with Gasteiger partial charge < -0.3 is 71.9 Å². The lowest BCUT2D eigenvalue weighted by atomic mass is 9.94. The molecule has 0 bridgehead atoms. The molecule has 0 aliphatic carbocycles. The molecular weight excluding hydrogens is 1080 g/mol. The second kappa shape index (κ2) is 23.0. The fourth-order valence-electron chi connectivity index (χ4n) is 10.8. The van der Waals surface area contributed by atoms with E-state index in [-0.39, 0.29) is 60.4 Å². The molecule has 0 saturated carbocycles. The number of carbonyl (C=O) groups is 2. The number of aliphatic hydroxyl groups is 4. The molecule has 5 aliphatic heterocycles. The van der Waals surface area contributed by atoms with Crippen LogP contribution in [0.1, 0.15) is 65.2 Å². The molecule has 6 aromatic rings. The smallest absolute Gasteiger partial charge is 0.493 e. The molecule has 22 heteroatoms. The van der Waals surface area contributed by atoms with E-state index < -0.39 is 53.8 Å². The van der Waals surface area contributed by atoms with Crippen LogP contribution in [0, 0.1) is 6.92 Å². The predicted octanol–water partition coefficient (Wildman–Crippen LogP) is 5.68. The molecule has 11 rings (SSSR count). The number of benzene rings is 6. The Hall–Kier alpha value is -8.09. The van der Waals surface area contributed by atoms with E-state index in [2.05, 4.69) is 29.2 Å². The second-order valence-electron chi connectivity index (χ2n) is 21.0. The summed E-state index contributed by atoms with van der Waals surface area (Å²) in [5, 5.41) is 40.6. The van der Waals surface area contributed by atoms with Crippen molar-refractivity contribution >= 4 is 46.0 Å². The first kappa shape index (κ1) is 55.8. The summed E-state index contributed by atoms with van der Waals surface area (Å²) in [7, 11) is 2.14. The molecule has 5 aliphatic rings. The highest BCUT2D eigenvalue weighted by molar-refractivity contribution is 7.82. The number of rotatable bonds is 17. The van der Waals surface area contributed by atoms with Crippen molar-refractivity contribution in [3.63, 3.8) is 0 Å². The van der Waals surface area contributed by atoms with Gasteiger partial charge in [0.25, 0.3) is 11.8 Å². The number of aliphatic imine (C=N–C) groups is 2. The van der Waals surface area contributed by atoms with Crippen LogP contribution >= 0.6 is 0 Å². The largest absolute Gasteiger partial charge is 0.501 e. The summed E-state index contributed by atoms with van der Waals surface area (Å²) >= 11 is 0. The van der Waals surface area contributed by atoms with Crippen LogP contribution in [0.3, 0.4) is 0 Å². The van der Waals surface area contributed by atoms with Crippen molar-refractivity contribution in [1.29, 1.82) is 0 Å². The molecule has 7 atom stereocenters. The van der Waals surface area contributed by atoms with Gasteiger partial charge in [-0.1, -0.05) is 48.5 Å². The number of carbonyl (C=O) groups excluding carboxylic acids is 2. The lowest BCUT2D eigenvalue weighted by Gasteiger charge is -2.39. The van der Waals surface area contributed by atoms with Crippen LogP contribution in [0.25, 0.3) is 0 Å². The lowest BCUT2D eigenvalue weighted by Crippen LogP contribution is -2.60. The molecule has 2 amide bonds. The van der Waals surface area contributed by atoms with Crippen LogP contribution in [-0.2, 0) is 60.8 Å². The van der Waals surface area contributed by atoms with Crippen molar-refractivity contribution in [2.45, 2.75) is 95.4 Å². The molecule has 428 valence electrons. The molecule has 0 radical (unpaired) electrons. The van der Waals surface area contributed by atoms with Gasteiger partial charge in [0.15, 0.2) is 34.5 Å². The highest BCUT2D eigenvalue weighted by atomic mass is 32.3. The Balaban J connectivity index is 0.767. The van der Waals surface area contributed by atoms with Crippen LogP contribution in [0.5, 0.6) is 40.2 Å². The summed E-state index contributed by atoms with van der Waals surface area (Å²) in [6.45, 7) is 2.46. The number of nitrogens with zero attached hydrogens (tertiary/aromatic N) is 5. The van der Waals surface area contributed by atoms with Gasteiger partial charge >= 0.3 is 10.4 Å². The average Bonchev–Trinajstić information content (AvgIpc) is 3.77. The zero-order chi connectivity index (χ0) is 57.6. The second-order valence-corrected chi connectivity index (χ2v) is 22.2. The van der Waals surface area contributed by atoms with Crippen molar-refractivity contribution in [1.82, 2.24) is 14.7 Å². The van der Waals surface area contributed by atoms with Crippen LogP contribution in [0.4, 0.5) is 11.4 Å². The highest BCUT2D eigenvalue weighted by Crippen LogP contribution is 2.42. The minimum atomic E-state index is -4.86. The predicted molar refractivity (Wildman–Crippen MR) is 298 cm³/mol. The van der Waals surface area contributed by atoms with Gasteiger partial charge in [-0.25, -0.2) is 0 Å². The van der Waals surface area contributed by atoms with E-state index in [0.717, 1.165) is 27.8 Å². The lowest BCUT2D eigenvalue weighted by molar-refractivity contribution is -0.277. The number of fused-ring (bicyclic) bond motifs is 6. The van der Waals surface area contributed by atoms with E-state index in [1.807, 2.05) is 43.4 Å². The SMILES string of the molecule is COc1cc2c(cc1OCc1cc(COc3cc4c(cc3OC)C(=O)N3Cc5cc(OS(=O)(=O)Oc6cc(C)ccc6O[C@@H]6O[C@H](CO)[C@H](O)[C@H](O)[C@H]6O)ccc5C[C@H]3C=N4)cc(CN(C)C)c1)N=C[C@@H]1Cc3ccccc3CN1C2=O. The summed E-state index contributed by atoms with van der Waals surface area (Å²) in [6.07, 6.45) is -3.44. The fourth-order valence-corrected chi connectivity index (χ4v) is 11.6. The van der Waals surface area contributed by atoms with Gasteiger partial charge in [0.05, 0.1) is 55.4 Å². The molecular formula is C60H61N5O16S. The number of aryl methyl sites for hydroxylation is 1. The van der Waals surface area contributed by atoms with Crippen molar-refractivity contribution in [2.75, 3.05) is 34.9 Å². The molecule has 4 N–H and O–H groups in total. The Labute approximate surface area is 473 Å². The third-order valence-electron chi connectivity index (χ3n) is 14.9. The normalized spacial score (nSPS) is 21.7. The molecule has 1 saturated heterocycles. The first-order chi connectivity index (χ1) is 39.4. The number of amides is 2.